The molecule has 0 amide bonds. The fraction of sp³-hybridized carbons (Fsp3) is 0.500. The van der Waals surface area contributed by atoms with E-state index in [0.29, 0.717) is 28.6 Å². The van der Waals surface area contributed by atoms with Crippen molar-refractivity contribution in [2.75, 3.05) is 13.1 Å². The molecular weight excluding hydrogens is 272 g/mol. The molecule has 100 valence electrons. The minimum absolute atomic E-state index is 0.0684. The first kappa shape index (κ1) is 13.8. The van der Waals surface area contributed by atoms with E-state index in [1.807, 2.05) is 0 Å². The van der Waals surface area contributed by atoms with Crippen LogP contribution in [0.4, 0.5) is 0 Å². The van der Waals surface area contributed by atoms with E-state index in [9.17, 15) is 8.42 Å². The Hall–Kier alpha value is -0.620. The summed E-state index contributed by atoms with van der Waals surface area (Å²) in [6.45, 7) is 2.69. The van der Waals surface area contributed by atoms with Crippen LogP contribution in [0.25, 0.3) is 0 Å². The van der Waals surface area contributed by atoms with Crippen molar-refractivity contribution in [2.24, 2.45) is 5.73 Å². The van der Waals surface area contributed by atoms with E-state index in [1.54, 1.807) is 25.1 Å². The lowest BCUT2D eigenvalue weighted by Gasteiger charge is -2.30. The Balaban J connectivity index is 2.35. The zero-order chi connectivity index (χ0) is 13.3. The van der Waals surface area contributed by atoms with Crippen LogP contribution in [0.1, 0.15) is 18.4 Å². The highest BCUT2D eigenvalue weighted by Gasteiger charge is 2.29. The Morgan fingerprint density at radius 3 is 2.78 bits per heavy atom. The monoisotopic (exact) mass is 288 g/mol. The van der Waals surface area contributed by atoms with Gasteiger partial charge in [-0.3, -0.25) is 0 Å². The van der Waals surface area contributed by atoms with Gasteiger partial charge in [-0.25, -0.2) is 8.42 Å². The van der Waals surface area contributed by atoms with Crippen molar-refractivity contribution >= 4 is 21.6 Å². The number of piperidine rings is 1. The van der Waals surface area contributed by atoms with Gasteiger partial charge < -0.3 is 5.73 Å². The minimum Gasteiger partial charge on any atom is -0.327 e. The predicted molar refractivity (Wildman–Crippen MR) is 72.2 cm³/mol. The van der Waals surface area contributed by atoms with Gasteiger partial charge in [0.2, 0.25) is 10.0 Å². The number of nitrogens with two attached hydrogens (primary N) is 1. The predicted octanol–water partition coefficient (Wildman–Crippen LogP) is 1.76. The van der Waals surface area contributed by atoms with E-state index in [1.165, 1.54) is 4.31 Å². The molecule has 0 radical (unpaired) electrons. The standard InChI is InChI=1S/C12H17ClN2O2S/c1-9-7-10(13)4-5-12(9)18(16,17)15-6-2-3-11(14)8-15/h4-5,7,11H,2-3,6,8,14H2,1H3. The Bertz CT molecular complexity index is 545. The average molecular weight is 289 g/mol. The number of halogens is 1. The van der Waals surface area contributed by atoms with Crippen LogP contribution in [0, 0.1) is 6.92 Å². The van der Waals surface area contributed by atoms with E-state index in [2.05, 4.69) is 0 Å². The van der Waals surface area contributed by atoms with Crippen molar-refractivity contribution in [3.05, 3.63) is 28.8 Å². The van der Waals surface area contributed by atoms with Crippen molar-refractivity contribution in [1.29, 1.82) is 0 Å². The summed E-state index contributed by atoms with van der Waals surface area (Å²) in [5.74, 6) is 0. The molecular formula is C12H17ClN2O2S. The van der Waals surface area contributed by atoms with Gasteiger partial charge in [-0.2, -0.15) is 4.31 Å². The van der Waals surface area contributed by atoms with Crippen molar-refractivity contribution in [1.82, 2.24) is 4.31 Å². The first-order chi connectivity index (χ1) is 8.41. The van der Waals surface area contributed by atoms with Crippen molar-refractivity contribution < 1.29 is 8.42 Å². The summed E-state index contributed by atoms with van der Waals surface area (Å²) in [5.41, 5.74) is 6.50. The largest absolute Gasteiger partial charge is 0.327 e. The van der Waals surface area contributed by atoms with Crippen LogP contribution in [0.3, 0.4) is 0 Å². The Morgan fingerprint density at radius 1 is 1.44 bits per heavy atom. The topological polar surface area (TPSA) is 63.4 Å². The molecule has 2 N–H and O–H groups in total. The van der Waals surface area contributed by atoms with Crippen molar-refractivity contribution in [3.8, 4) is 0 Å². The molecule has 1 heterocycles. The maximum atomic E-state index is 12.5. The molecule has 0 aromatic heterocycles. The molecule has 6 heteroatoms. The first-order valence-electron chi connectivity index (χ1n) is 5.93. The average Bonchev–Trinajstić information content (AvgIpc) is 2.28. The summed E-state index contributed by atoms with van der Waals surface area (Å²) in [7, 11) is -3.45. The van der Waals surface area contributed by atoms with E-state index in [0.717, 1.165) is 12.8 Å². The second-order valence-electron chi connectivity index (χ2n) is 4.68. The minimum atomic E-state index is -3.45. The number of benzene rings is 1. The second kappa shape index (κ2) is 5.17. The molecule has 0 spiro atoms. The molecule has 1 aliphatic heterocycles. The summed E-state index contributed by atoms with van der Waals surface area (Å²) in [6, 6.07) is 4.76. The molecule has 1 aliphatic rings. The molecule has 18 heavy (non-hydrogen) atoms. The van der Waals surface area contributed by atoms with Gasteiger partial charge in [-0.15, -0.1) is 0 Å². The number of nitrogens with zero attached hydrogens (tertiary/aromatic N) is 1. The van der Waals surface area contributed by atoms with Crippen molar-refractivity contribution in [3.63, 3.8) is 0 Å². The summed E-state index contributed by atoms with van der Waals surface area (Å²) in [6.07, 6.45) is 1.69. The molecule has 1 unspecified atom stereocenters. The number of aryl methyl sites for hydroxylation is 1. The van der Waals surface area contributed by atoms with Gasteiger partial charge in [0.15, 0.2) is 0 Å². The van der Waals surface area contributed by atoms with Crippen molar-refractivity contribution in [2.45, 2.75) is 30.7 Å². The molecule has 1 saturated heterocycles. The van der Waals surface area contributed by atoms with Crippen LogP contribution < -0.4 is 5.73 Å². The molecule has 1 aromatic rings. The summed E-state index contributed by atoms with van der Waals surface area (Å²) < 4.78 is 26.5. The highest BCUT2D eigenvalue weighted by atomic mass is 35.5. The lowest BCUT2D eigenvalue weighted by atomic mass is 10.1. The van der Waals surface area contributed by atoms with E-state index in [4.69, 9.17) is 17.3 Å². The zero-order valence-electron chi connectivity index (χ0n) is 10.3. The number of rotatable bonds is 2. The van der Waals surface area contributed by atoms with Gasteiger partial charge in [0, 0.05) is 24.2 Å². The first-order valence-corrected chi connectivity index (χ1v) is 7.75. The Kier molecular flexibility index (Phi) is 3.96. The Labute approximate surface area is 113 Å². The lowest BCUT2D eigenvalue weighted by Crippen LogP contribution is -2.45. The van der Waals surface area contributed by atoms with Gasteiger partial charge in [0.05, 0.1) is 4.90 Å². The quantitative estimate of drug-likeness (QED) is 0.902. The molecule has 0 aliphatic carbocycles. The van der Waals surface area contributed by atoms with Crippen LogP contribution in [-0.4, -0.2) is 31.9 Å². The van der Waals surface area contributed by atoms with Gasteiger partial charge in [0.1, 0.15) is 0 Å². The maximum Gasteiger partial charge on any atom is 0.243 e. The third kappa shape index (κ3) is 2.69. The van der Waals surface area contributed by atoms with Gasteiger partial charge in [0.25, 0.3) is 0 Å². The smallest absolute Gasteiger partial charge is 0.243 e. The zero-order valence-corrected chi connectivity index (χ0v) is 11.8. The lowest BCUT2D eigenvalue weighted by molar-refractivity contribution is 0.316. The number of hydrogen-bond donors (Lipinski definition) is 1. The molecule has 4 nitrogen and oxygen atoms in total. The van der Waals surface area contributed by atoms with Crippen LogP contribution >= 0.6 is 11.6 Å². The fourth-order valence-electron chi connectivity index (χ4n) is 2.23. The highest BCUT2D eigenvalue weighted by Crippen LogP contribution is 2.25. The third-order valence-corrected chi connectivity index (χ3v) is 5.44. The van der Waals surface area contributed by atoms with Crippen LogP contribution in [-0.2, 0) is 10.0 Å². The molecule has 1 aromatic carbocycles. The van der Waals surface area contributed by atoms with E-state index in [-0.39, 0.29) is 6.04 Å². The van der Waals surface area contributed by atoms with E-state index < -0.39 is 10.0 Å². The van der Waals surface area contributed by atoms with E-state index >= 15 is 0 Å². The molecule has 2 rings (SSSR count). The Morgan fingerprint density at radius 2 is 2.17 bits per heavy atom. The molecule has 0 saturated carbocycles. The van der Waals surface area contributed by atoms with Crippen LogP contribution in [0.5, 0.6) is 0 Å². The number of hydrogen-bond acceptors (Lipinski definition) is 3. The molecule has 1 fully saturated rings. The second-order valence-corrected chi connectivity index (χ2v) is 7.02. The fourth-order valence-corrected chi connectivity index (χ4v) is 4.20. The summed E-state index contributed by atoms with van der Waals surface area (Å²) in [4.78, 5) is 0.320. The molecule has 0 bridgehead atoms. The summed E-state index contributed by atoms with van der Waals surface area (Å²) in [5, 5.41) is 0.543. The summed E-state index contributed by atoms with van der Waals surface area (Å²) >= 11 is 5.85. The van der Waals surface area contributed by atoms with Gasteiger partial charge in [-0.1, -0.05) is 11.6 Å². The number of sulfonamides is 1. The maximum absolute atomic E-state index is 12.5. The normalized spacial score (nSPS) is 22.1. The highest BCUT2D eigenvalue weighted by molar-refractivity contribution is 7.89. The third-order valence-electron chi connectivity index (χ3n) is 3.18. The van der Waals surface area contributed by atoms with Crippen LogP contribution in [0.2, 0.25) is 5.02 Å². The molecule has 1 atom stereocenters. The van der Waals surface area contributed by atoms with Crippen LogP contribution in [0.15, 0.2) is 23.1 Å². The SMILES string of the molecule is Cc1cc(Cl)ccc1S(=O)(=O)N1CCCC(N)C1. The van der Waals surface area contributed by atoms with Gasteiger partial charge in [-0.05, 0) is 43.5 Å². The van der Waals surface area contributed by atoms with Gasteiger partial charge >= 0.3 is 0 Å².